The van der Waals surface area contributed by atoms with Crippen LogP contribution in [0.15, 0.2) is 12.1 Å². The van der Waals surface area contributed by atoms with Gasteiger partial charge < -0.3 is 10.1 Å². The topological polar surface area (TPSA) is 68.3 Å². The van der Waals surface area contributed by atoms with Gasteiger partial charge in [-0.2, -0.15) is 0 Å². The molecule has 0 bridgehead atoms. The van der Waals surface area contributed by atoms with E-state index in [1.807, 2.05) is 13.8 Å². The highest BCUT2D eigenvalue weighted by molar-refractivity contribution is 7.90. The molecular formula is C14H22N2O3S. The Bertz CT molecular complexity index is 546. The molecule has 2 heterocycles. The summed E-state index contributed by atoms with van der Waals surface area (Å²) in [6.45, 7) is 5.46. The summed E-state index contributed by atoms with van der Waals surface area (Å²) in [4.78, 5) is 4.29. The van der Waals surface area contributed by atoms with Crippen LogP contribution in [0.1, 0.15) is 35.2 Å². The normalized spacial score (nSPS) is 18.9. The van der Waals surface area contributed by atoms with Gasteiger partial charge in [0.2, 0.25) is 0 Å². The number of hydrogen-bond donors (Lipinski definition) is 1. The second-order valence-corrected chi connectivity index (χ2v) is 7.52. The largest absolute Gasteiger partial charge is 0.354 e. The molecule has 0 aliphatic carbocycles. The van der Waals surface area contributed by atoms with E-state index in [-0.39, 0.29) is 6.10 Å². The third-order valence-electron chi connectivity index (χ3n) is 3.37. The average Bonchev–Trinajstić information content (AvgIpc) is 2.34. The fraction of sp³-hybridized carbons (Fsp3) is 0.643. The van der Waals surface area contributed by atoms with Crippen LogP contribution in [0.4, 0.5) is 0 Å². The predicted octanol–water partition coefficient (Wildman–Crippen LogP) is 1.51. The Morgan fingerprint density at radius 1 is 1.25 bits per heavy atom. The second kappa shape index (κ2) is 6.20. The SMILES string of the molecule is Cc1cc(C(OC2CCNCC2)S(C)(=O)=O)cc(C)n1. The summed E-state index contributed by atoms with van der Waals surface area (Å²) in [6, 6.07) is 3.58. The van der Waals surface area contributed by atoms with Crippen molar-refractivity contribution >= 4 is 9.84 Å². The number of pyridine rings is 1. The van der Waals surface area contributed by atoms with Gasteiger partial charge >= 0.3 is 0 Å². The molecule has 1 fully saturated rings. The fourth-order valence-corrected chi connectivity index (χ4v) is 3.53. The van der Waals surface area contributed by atoms with Gasteiger partial charge in [0, 0.05) is 17.6 Å². The summed E-state index contributed by atoms with van der Waals surface area (Å²) in [5.74, 6) is 0. The first-order valence-electron chi connectivity index (χ1n) is 6.86. The summed E-state index contributed by atoms with van der Waals surface area (Å²) in [7, 11) is -3.32. The Labute approximate surface area is 120 Å². The first-order chi connectivity index (χ1) is 9.36. The zero-order chi connectivity index (χ0) is 14.8. The number of sulfone groups is 1. The van der Waals surface area contributed by atoms with Crippen molar-refractivity contribution in [2.45, 2.75) is 38.2 Å². The highest BCUT2D eigenvalue weighted by Gasteiger charge is 2.28. The zero-order valence-corrected chi connectivity index (χ0v) is 13.0. The summed E-state index contributed by atoms with van der Waals surface area (Å²) in [6.07, 6.45) is 2.90. The molecule has 1 atom stereocenters. The van der Waals surface area contributed by atoms with Crippen molar-refractivity contribution in [2.75, 3.05) is 19.3 Å². The molecule has 0 amide bonds. The van der Waals surface area contributed by atoms with Crippen molar-refractivity contribution in [1.82, 2.24) is 10.3 Å². The summed E-state index contributed by atoms with van der Waals surface area (Å²) in [5.41, 5.74) is 1.40. The third kappa shape index (κ3) is 4.01. The molecule has 1 saturated heterocycles. The number of aromatic nitrogens is 1. The van der Waals surface area contributed by atoms with Crippen molar-refractivity contribution < 1.29 is 13.2 Å². The Hall–Kier alpha value is -0.980. The Morgan fingerprint density at radius 3 is 2.30 bits per heavy atom. The van der Waals surface area contributed by atoms with Crippen LogP contribution in [0.2, 0.25) is 0 Å². The lowest BCUT2D eigenvalue weighted by Crippen LogP contribution is -2.34. The van der Waals surface area contributed by atoms with Crippen LogP contribution in [-0.2, 0) is 14.6 Å². The van der Waals surface area contributed by atoms with Crippen molar-refractivity contribution in [1.29, 1.82) is 0 Å². The average molecular weight is 298 g/mol. The van der Waals surface area contributed by atoms with Crippen molar-refractivity contribution in [3.63, 3.8) is 0 Å². The summed E-state index contributed by atoms with van der Waals surface area (Å²) < 4.78 is 30.0. The van der Waals surface area contributed by atoms with E-state index in [1.54, 1.807) is 12.1 Å². The van der Waals surface area contributed by atoms with Crippen LogP contribution in [0, 0.1) is 13.8 Å². The molecule has 20 heavy (non-hydrogen) atoms. The molecular weight excluding hydrogens is 276 g/mol. The van der Waals surface area contributed by atoms with Gasteiger partial charge in [0.1, 0.15) is 0 Å². The molecule has 0 saturated carbocycles. The third-order valence-corrected chi connectivity index (χ3v) is 4.53. The van der Waals surface area contributed by atoms with Gasteiger partial charge in [0.05, 0.1) is 6.10 Å². The molecule has 0 spiro atoms. The molecule has 1 unspecified atom stereocenters. The van der Waals surface area contributed by atoms with E-state index in [0.717, 1.165) is 37.3 Å². The maximum absolute atomic E-state index is 12.1. The van der Waals surface area contributed by atoms with Gasteiger partial charge in [-0.1, -0.05) is 0 Å². The first kappa shape index (κ1) is 15.4. The van der Waals surface area contributed by atoms with Gasteiger partial charge in [0.25, 0.3) is 0 Å². The molecule has 1 aliphatic rings. The van der Waals surface area contributed by atoms with Crippen LogP contribution in [-0.4, -0.2) is 38.9 Å². The van der Waals surface area contributed by atoms with Crippen LogP contribution in [0.25, 0.3) is 0 Å². The van der Waals surface area contributed by atoms with Gasteiger partial charge in [-0.05, 0) is 57.5 Å². The molecule has 0 aromatic carbocycles. The number of hydrogen-bond acceptors (Lipinski definition) is 5. The number of nitrogens with one attached hydrogen (secondary N) is 1. The quantitative estimate of drug-likeness (QED) is 0.912. The van der Waals surface area contributed by atoms with E-state index in [1.165, 1.54) is 6.26 Å². The fourth-order valence-electron chi connectivity index (χ4n) is 2.54. The molecule has 2 rings (SSSR count). The summed E-state index contributed by atoms with van der Waals surface area (Å²) >= 11 is 0. The molecule has 0 radical (unpaired) electrons. The molecule has 1 aromatic heterocycles. The Morgan fingerprint density at radius 2 is 1.80 bits per heavy atom. The molecule has 1 aliphatic heterocycles. The standard InChI is InChI=1S/C14H22N2O3S/c1-10-8-12(9-11(2)16-10)14(20(3,17)18)19-13-4-6-15-7-5-13/h8-9,13-15H,4-7H2,1-3H3. The van der Waals surface area contributed by atoms with E-state index < -0.39 is 15.3 Å². The van der Waals surface area contributed by atoms with Crippen LogP contribution in [0.5, 0.6) is 0 Å². The minimum Gasteiger partial charge on any atom is -0.354 e. The van der Waals surface area contributed by atoms with Gasteiger partial charge in [-0.25, -0.2) is 8.42 Å². The van der Waals surface area contributed by atoms with E-state index in [2.05, 4.69) is 10.3 Å². The van der Waals surface area contributed by atoms with E-state index >= 15 is 0 Å². The predicted molar refractivity (Wildman–Crippen MR) is 78.3 cm³/mol. The number of rotatable bonds is 4. The number of aryl methyl sites for hydroxylation is 2. The van der Waals surface area contributed by atoms with Gasteiger partial charge in [-0.15, -0.1) is 0 Å². The van der Waals surface area contributed by atoms with E-state index in [4.69, 9.17) is 4.74 Å². The van der Waals surface area contributed by atoms with Crippen LogP contribution >= 0.6 is 0 Å². The van der Waals surface area contributed by atoms with E-state index in [0.29, 0.717) is 5.56 Å². The molecule has 5 nitrogen and oxygen atoms in total. The number of ether oxygens (including phenoxy) is 1. The van der Waals surface area contributed by atoms with Gasteiger partial charge in [-0.3, -0.25) is 4.98 Å². The second-order valence-electron chi connectivity index (χ2n) is 5.43. The lowest BCUT2D eigenvalue weighted by molar-refractivity contribution is 0.0113. The zero-order valence-electron chi connectivity index (χ0n) is 12.2. The number of piperidine rings is 1. The van der Waals surface area contributed by atoms with Crippen LogP contribution < -0.4 is 5.32 Å². The minimum absolute atomic E-state index is 0.00949. The lowest BCUT2D eigenvalue weighted by Gasteiger charge is -2.27. The molecule has 1 N–H and O–H groups in total. The lowest BCUT2D eigenvalue weighted by atomic mass is 10.1. The summed E-state index contributed by atoms with van der Waals surface area (Å²) in [5, 5.41) is 3.25. The van der Waals surface area contributed by atoms with Crippen molar-refractivity contribution in [2.24, 2.45) is 0 Å². The van der Waals surface area contributed by atoms with Crippen molar-refractivity contribution in [3.05, 3.63) is 29.1 Å². The Kier molecular flexibility index (Phi) is 4.78. The molecule has 112 valence electrons. The highest BCUT2D eigenvalue weighted by atomic mass is 32.2. The monoisotopic (exact) mass is 298 g/mol. The molecule has 6 heteroatoms. The Balaban J connectivity index is 2.27. The maximum Gasteiger partial charge on any atom is 0.183 e. The van der Waals surface area contributed by atoms with Crippen LogP contribution in [0.3, 0.4) is 0 Å². The molecule has 1 aromatic rings. The smallest absolute Gasteiger partial charge is 0.183 e. The minimum atomic E-state index is -3.32. The maximum atomic E-state index is 12.1. The number of nitrogens with zero attached hydrogens (tertiary/aromatic N) is 1. The highest BCUT2D eigenvalue weighted by Crippen LogP contribution is 2.27. The first-order valence-corrected chi connectivity index (χ1v) is 8.82. The van der Waals surface area contributed by atoms with E-state index in [9.17, 15) is 8.42 Å². The van der Waals surface area contributed by atoms with Gasteiger partial charge in [0.15, 0.2) is 15.3 Å². The van der Waals surface area contributed by atoms with Crippen molar-refractivity contribution in [3.8, 4) is 0 Å².